The van der Waals surface area contributed by atoms with E-state index >= 15 is 0 Å². The Morgan fingerprint density at radius 3 is 2.69 bits per heavy atom. The summed E-state index contributed by atoms with van der Waals surface area (Å²) in [4.78, 5) is 4.41. The molecular formula is C12H16FN3. The van der Waals surface area contributed by atoms with Gasteiger partial charge in [0, 0.05) is 12.6 Å². The number of hydrogen-bond donors (Lipinski definition) is 1. The van der Waals surface area contributed by atoms with Crippen LogP contribution in [0.4, 0.5) is 4.39 Å². The van der Waals surface area contributed by atoms with Crippen LogP contribution in [0.25, 0.3) is 11.0 Å². The van der Waals surface area contributed by atoms with E-state index in [1.54, 1.807) is 6.07 Å². The molecule has 0 aliphatic heterocycles. The van der Waals surface area contributed by atoms with Crippen molar-refractivity contribution in [1.82, 2.24) is 9.55 Å². The summed E-state index contributed by atoms with van der Waals surface area (Å²) in [5, 5.41) is 0. The van der Waals surface area contributed by atoms with Gasteiger partial charge < -0.3 is 10.3 Å². The van der Waals surface area contributed by atoms with E-state index in [1.165, 1.54) is 12.1 Å². The molecule has 86 valence electrons. The van der Waals surface area contributed by atoms with E-state index in [2.05, 4.69) is 4.98 Å². The number of nitrogens with zero attached hydrogens (tertiary/aromatic N) is 2. The molecule has 0 fully saturated rings. The molecule has 2 N–H and O–H groups in total. The van der Waals surface area contributed by atoms with Gasteiger partial charge in [0.1, 0.15) is 11.6 Å². The molecule has 1 aromatic carbocycles. The van der Waals surface area contributed by atoms with E-state index in [0.717, 1.165) is 17.9 Å². The topological polar surface area (TPSA) is 43.8 Å². The van der Waals surface area contributed by atoms with E-state index in [1.807, 2.05) is 25.3 Å². The maximum atomic E-state index is 13.1. The highest BCUT2D eigenvalue weighted by Gasteiger charge is 2.22. The Morgan fingerprint density at radius 2 is 2.12 bits per heavy atom. The number of aromatic nitrogens is 2. The third-order valence-corrected chi connectivity index (χ3v) is 2.60. The van der Waals surface area contributed by atoms with Crippen LogP contribution >= 0.6 is 0 Å². The smallest absolute Gasteiger partial charge is 0.129 e. The number of rotatable bonds is 2. The molecule has 0 saturated heterocycles. The van der Waals surface area contributed by atoms with E-state index < -0.39 is 5.54 Å². The predicted molar refractivity (Wildman–Crippen MR) is 62.6 cm³/mol. The molecule has 0 amide bonds. The Hall–Kier alpha value is -1.42. The lowest BCUT2D eigenvalue weighted by Crippen LogP contribution is -2.32. The molecule has 0 aliphatic carbocycles. The van der Waals surface area contributed by atoms with Crippen molar-refractivity contribution < 1.29 is 4.39 Å². The summed E-state index contributed by atoms with van der Waals surface area (Å²) in [5.41, 5.74) is 7.13. The third-order valence-electron chi connectivity index (χ3n) is 2.60. The number of fused-ring (bicyclic) bond motifs is 1. The van der Waals surface area contributed by atoms with Crippen molar-refractivity contribution in [2.75, 3.05) is 0 Å². The van der Waals surface area contributed by atoms with Crippen LogP contribution in [0.2, 0.25) is 0 Å². The van der Waals surface area contributed by atoms with E-state index in [9.17, 15) is 4.39 Å². The zero-order valence-electron chi connectivity index (χ0n) is 9.79. The highest BCUT2D eigenvalue weighted by atomic mass is 19.1. The van der Waals surface area contributed by atoms with Gasteiger partial charge in [-0.25, -0.2) is 9.37 Å². The van der Waals surface area contributed by atoms with Gasteiger partial charge in [-0.1, -0.05) is 0 Å². The molecule has 0 saturated carbocycles. The fourth-order valence-corrected chi connectivity index (χ4v) is 1.91. The summed E-state index contributed by atoms with van der Waals surface area (Å²) >= 11 is 0. The summed E-state index contributed by atoms with van der Waals surface area (Å²) < 4.78 is 15.1. The molecule has 16 heavy (non-hydrogen) atoms. The molecule has 2 aromatic rings. The second-order valence-corrected chi connectivity index (χ2v) is 4.53. The van der Waals surface area contributed by atoms with E-state index in [-0.39, 0.29) is 5.82 Å². The number of aryl methyl sites for hydroxylation is 1. The van der Waals surface area contributed by atoms with Crippen LogP contribution in [0.1, 0.15) is 26.6 Å². The van der Waals surface area contributed by atoms with Crippen LogP contribution in [-0.4, -0.2) is 9.55 Å². The fraction of sp³-hybridized carbons (Fsp3) is 0.417. The van der Waals surface area contributed by atoms with Crippen molar-refractivity contribution in [3.05, 3.63) is 29.8 Å². The summed E-state index contributed by atoms with van der Waals surface area (Å²) in [5.74, 6) is 0.519. The molecule has 0 spiro atoms. The Morgan fingerprint density at radius 1 is 1.44 bits per heavy atom. The molecule has 0 radical (unpaired) electrons. The van der Waals surface area contributed by atoms with Crippen molar-refractivity contribution in [2.24, 2.45) is 5.73 Å². The SMILES string of the molecule is CCn1c(C(C)(C)N)nc2cc(F)ccc21. The van der Waals surface area contributed by atoms with Crippen LogP contribution in [0.15, 0.2) is 18.2 Å². The molecule has 1 aromatic heterocycles. The Kier molecular flexibility index (Phi) is 2.46. The van der Waals surface area contributed by atoms with Crippen molar-refractivity contribution in [3.8, 4) is 0 Å². The molecule has 0 unspecified atom stereocenters. The largest absolute Gasteiger partial charge is 0.327 e. The second kappa shape index (κ2) is 3.56. The zero-order chi connectivity index (χ0) is 11.9. The molecule has 0 atom stereocenters. The first-order valence-electron chi connectivity index (χ1n) is 5.38. The summed E-state index contributed by atoms with van der Waals surface area (Å²) in [6, 6.07) is 4.64. The Bertz CT molecular complexity index is 523. The predicted octanol–water partition coefficient (Wildman–Crippen LogP) is 2.39. The lowest BCUT2D eigenvalue weighted by molar-refractivity contribution is 0.485. The third kappa shape index (κ3) is 1.69. The highest BCUT2D eigenvalue weighted by Crippen LogP contribution is 2.23. The van der Waals surface area contributed by atoms with Gasteiger partial charge in [0.2, 0.25) is 0 Å². The van der Waals surface area contributed by atoms with Crippen molar-refractivity contribution in [2.45, 2.75) is 32.9 Å². The van der Waals surface area contributed by atoms with Crippen LogP contribution < -0.4 is 5.73 Å². The molecule has 0 bridgehead atoms. The second-order valence-electron chi connectivity index (χ2n) is 4.53. The van der Waals surface area contributed by atoms with Crippen molar-refractivity contribution in [1.29, 1.82) is 0 Å². The molecular weight excluding hydrogens is 205 g/mol. The zero-order valence-corrected chi connectivity index (χ0v) is 9.79. The summed E-state index contributed by atoms with van der Waals surface area (Å²) in [7, 11) is 0. The normalized spacial score (nSPS) is 12.3. The van der Waals surface area contributed by atoms with Gasteiger partial charge in [0.05, 0.1) is 16.6 Å². The van der Waals surface area contributed by atoms with Crippen molar-refractivity contribution in [3.63, 3.8) is 0 Å². The van der Waals surface area contributed by atoms with Crippen LogP contribution in [-0.2, 0) is 12.1 Å². The van der Waals surface area contributed by atoms with Crippen molar-refractivity contribution >= 4 is 11.0 Å². The van der Waals surface area contributed by atoms with Crippen LogP contribution in [0.5, 0.6) is 0 Å². The first kappa shape index (κ1) is 11.1. The number of hydrogen-bond acceptors (Lipinski definition) is 2. The van der Waals surface area contributed by atoms with Crippen LogP contribution in [0.3, 0.4) is 0 Å². The Labute approximate surface area is 94.1 Å². The average molecular weight is 221 g/mol. The lowest BCUT2D eigenvalue weighted by atomic mass is 10.1. The number of imidazole rings is 1. The molecule has 0 aliphatic rings. The van der Waals surface area contributed by atoms with E-state index in [4.69, 9.17) is 5.73 Å². The average Bonchev–Trinajstić information content (AvgIpc) is 2.54. The standard InChI is InChI=1S/C12H16FN3/c1-4-16-10-6-5-8(13)7-9(10)15-11(16)12(2,3)14/h5-7H,4,14H2,1-3H3. The highest BCUT2D eigenvalue weighted by molar-refractivity contribution is 5.76. The summed E-state index contributed by atoms with van der Waals surface area (Å²) in [6.45, 7) is 6.60. The fourth-order valence-electron chi connectivity index (χ4n) is 1.91. The molecule has 4 heteroatoms. The molecule has 2 rings (SSSR count). The number of halogens is 1. The van der Waals surface area contributed by atoms with Gasteiger partial charge in [0.15, 0.2) is 0 Å². The van der Waals surface area contributed by atoms with Gasteiger partial charge in [-0.3, -0.25) is 0 Å². The van der Waals surface area contributed by atoms with Gasteiger partial charge in [-0.2, -0.15) is 0 Å². The number of benzene rings is 1. The Balaban J connectivity index is 2.76. The first-order chi connectivity index (χ1) is 7.43. The maximum absolute atomic E-state index is 13.1. The number of nitrogens with two attached hydrogens (primary N) is 1. The molecule has 1 heterocycles. The summed E-state index contributed by atoms with van der Waals surface area (Å²) in [6.07, 6.45) is 0. The van der Waals surface area contributed by atoms with Gasteiger partial charge in [-0.05, 0) is 32.9 Å². The van der Waals surface area contributed by atoms with Crippen LogP contribution in [0, 0.1) is 5.82 Å². The van der Waals surface area contributed by atoms with Gasteiger partial charge in [-0.15, -0.1) is 0 Å². The quantitative estimate of drug-likeness (QED) is 0.846. The van der Waals surface area contributed by atoms with Gasteiger partial charge >= 0.3 is 0 Å². The maximum Gasteiger partial charge on any atom is 0.129 e. The minimum atomic E-state index is -0.522. The van der Waals surface area contributed by atoms with E-state index in [0.29, 0.717) is 5.52 Å². The monoisotopic (exact) mass is 221 g/mol. The molecule has 3 nitrogen and oxygen atoms in total. The first-order valence-corrected chi connectivity index (χ1v) is 5.38. The van der Waals surface area contributed by atoms with Gasteiger partial charge in [0.25, 0.3) is 0 Å². The minimum absolute atomic E-state index is 0.269. The lowest BCUT2D eigenvalue weighted by Gasteiger charge is -2.19. The minimum Gasteiger partial charge on any atom is -0.327 e.